The van der Waals surface area contributed by atoms with Gasteiger partial charge in [0.25, 0.3) is 0 Å². The van der Waals surface area contributed by atoms with Gasteiger partial charge in [0.2, 0.25) is 0 Å². The van der Waals surface area contributed by atoms with Crippen LogP contribution in [0.15, 0.2) is 48.6 Å². The largest absolute Gasteiger partial charge is 0.0762 e. The number of fused-ring (bicyclic) bond motifs is 1. The van der Waals surface area contributed by atoms with Gasteiger partial charge in [0.1, 0.15) is 0 Å². The van der Waals surface area contributed by atoms with Crippen molar-refractivity contribution in [3.8, 4) is 0 Å². The molecule has 0 aromatic carbocycles. The Morgan fingerprint density at radius 3 is 1.33 bits per heavy atom. The summed E-state index contributed by atoms with van der Waals surface area (Å²) in [4.78, 5) is 0. The minimum Gasteiger partial charge on any atom is -0.0762 e. The summed E-state index contributed by atoms with van der Waals surface area (Å²) in [6.07, 6.45) is 24.2. The van der Waals surface area contributed by atoms with E-state index in [4.69, 9.17) is 9.30 Å². The smallest absolute Gasteiger partial charge is 0.0124 e. The molecule has 0 aromatic heterocycles. The quantitative estimate of drug-likeness (QED) is 0.238. The van der Waals surface area contributed by atoms with Gasteiger partial charge in [0.15, 0.2) is 0 Å². The van der Waals surface area contributed by atoms with Crippen LogP contribution in [0.4, 0.5) is 17.3 Å². The second-order valence-corrected chi connectivity index (χ2v) is 3.74. The first-order chi connectivity index (χ1) is 11.0. The van der Waals surface area contributed by atoms with Crippen molar-refractivity contribution in [1.29, 1.82) is 0 Å². The van der Waals surface area contributed by atoms with E-state index in [1.165, 1.54) is 11.8 Å². The Balaban J connectivity index is -0.000000259. The van der Waals surface area contributed by atoms with Crippen molar-refractivity contribution in [2.75, 3.05) is 0 Å². The molecule has 3 aliphatic carbocycles. The summed E-state index contributed by atoms with van der Waals surface area (Å²) >= 11 is 0. The molecule has 127 valence electrons. The third kappa shape index (κ3) is 19.0. The summed E-state index contributed by atoms with van der Waals surface area (Å²) in [5.74, 6) is 2.66. The zero-order valence-electron chi connectivity index (χ0n) is 12.4. The summed E-state index contributed by atoms with van der Waals surface area (Å²) in [5, 5.41) is 0. The third-order valence-corrected chi connectivity index (χ3v) is 2.20. The summed E-state index contributed by atoms with van der Waals surface area (Å²) in [6, 6.07) is 0. The van der Waals surface area contributed by atoms with E-state index >= 15 is 0 Å². The molecule has 1 saturated carbocycles. The predicted molar refractivity (Wildman–Crippen MR) is 78.6 cm³/mol. The van der Waals surface area contributed by atoms with Crippen molar-refractivity contribution < 1.29 is 47.6 Å². The molecule has 2 nitrogen and oxygen atoms in total. The summed E-state index contributed by atoms with van der Waals surface area (Å²) in [5.41, 5.74) is 0. The molecule has 1 fully saturated rings. The minimum absolute atomic E-state index is 0. The molecule has 8 heteroatoms. The Kier molecular flexibility index (Phi) is 21.1. The van der Waals surface area contributed by atoms with Crippen LogP contribution in [0.2, 0.25) is 0 Å². The van der Waals surface area contributed by atoms with Crippen molar-refractivity contribution in [3.05, 3.63) is 93.0 Å². The number of halogens is 4. The third-order valence-electron chi connectivity index (χ3n) is 2.20. The van der Waals surface area contributed by atoms with Gasteiger partial charge in [-0.2, -0.15) is 0 Å². The van der Waals surface area contributed by atoms with Crippen molar-refractivity contribution in [3.63, 3.8) is 0 Å². The van der Waals surface area contributed by atoms with Crippen LogP contribution in [-0.4, -0.2) is 7.25 Å². The first kappa shape index (κ1) is 27.7. The Morgan fingerprint density at radius 2 is 1.08 bits per heavy atom. The fourth-order valence-corrected chi connectivity index (χ4v) is 1.46. The number of hydrogen-bond acceptors (Lipinski definition) is 0. The van der Waals surface area contributed by atoms with E-state index in [0.717, 1.165) is 6.42 Å². The predicted octanol–water partition coefficient (Wildman–Crippen LogP) is 4.61. The number of allylic oxidation sites excluding steroid dienone is 8. The van der Waals surface area contributed by atoms with Gasteiger partial charge in [0, 0.05) is 32.9 Å². The molecule has 5 radical (unpaired) electrons. The zero-order chi connectivity index (χ0) is 18.1. The second kappa shape index (κ2) is 18.3. The van der Waals surface area contributed by atoms with Crippen molar-refractivity contribution in [2.24, 2.45) is 0 Å². The van der Waals surface area contributed by atoms with E-state index < -0.39 is 7.25 Å². The van der Waals surface area contributed by atoms with Gasteiger partial charge in [-0.25, -0.2) is 0 Å². The molecule has 0 amide bonds. The van der Waals surface area contributed by atoms with Crippen LogP contribution in [0, 0.1) is 44.4 Å². The molecule has 0 aromatic rings. The van der Waals surface area contributed by atoms with Crippen molar-refractivity contribution in [1.82, 2.24) is 0 Å². The van der Waals surface area contributed by atoms with Gasteiger partial charge in [-0.1, -0.05) is 48.6 Å². The van der Waals surface area contributed by atoms with Crippen LogP contribution in [0.5, 0.6) is 0 Å². The molecule has 0 unspecified atom stereocenters. The number of hydrogen-bond donors (Lipinski definition) is 0. The molecular weight excluding hydrogens is 407 g/mol. The first-order valence-electron chi connectivity index (χ1n) is 6.17. The van der Waals surface area contributed by atoms with Gasteiger partial charge in [-0.15, -0.1) is 0 Å². The molecule has 0 heterocycles. The molecule has 3 rings (SSSR count). The SMILES string of the molecule is C1=CCC=C1.F[B-](F)(F)F.[C-]#[O+].[C-]#[O+].[CH]1[CH][C]2C=CC=C[C]2[CH]1.[Mo]. The van der Waals surface area contributed by atoms with E-state index in [9.17, 15) is 17.3 Å². The molecule has 0 atom stereocenters. The maximum absolute atomic E-state index is 9.75. The fraction of sp³-hybridized carbons (Fsp3) is 0.0625. The Hall–Kier alpha value is -1.09. The van der Waals surface area contributed by atoms with Gasteiger partial charge < -0.3 is 17.3 Å². The van der Waals surface area contributed by atoms with Gasteiger partial charge in [-0.3, -0.25) is 0 Å². The Bertz CT molecular complexity index is 414. The van der Waals surface area contributed by atoms with Crippen LogP contribution in [0.3, 0.4) is 0 Å². The Labute approximate surface area is 154 Å². The van der Waals surface area contributed by atoms with Crippen LogP contribution in [-0.2, 0) is 30.4 Å². The standard InChI is InChI=1S/C9H7.C5H6.2CO.BF4.Mo/c1-2-5-9-7-3-6-8(9)4-1;1-2-4-5-3-1;2*1-2;2-1(3,4)5;/h1-7H;1-4H,5H2;;;;/q;;;;-1;. The second-order valence-electron chi connectivity index (χ2n) is 3.74. The summed E-state index contributed by atoms with van der Waals surface area (Å²) < 4.78 is 54.0. The maximum atomic E-state index is 9.75. The fourth-order valence-electron chi connectivity index (χ4n) is 1.46. The van der Waals surface area contributed by atoms with Crippen LogP contribution >= 0.6 is 0 Å². The molecule has 0 N–H and O–H groups in total. The van der Waals surface area contributed by atoms with E-state index in [2.05, 4.69) is 81.2 Å². The zero-order valence-corrected chi connectivity index (χ0v) is 14.4. The van der Waals surface area contributed by atoms with E-state index in [1.807, 2.05) is 0 Å². The van der Waals surface area contributed by atoms with Crippen molar-refractivity contribution in [2.45, 2.75) is 6.42 Å². The minimum atomic E-state index is -6.00. The molecule has 0 aliphatic heterocycles. The van der Waals surface area contributed by atoms with Gasteiger partial charge in [-0.05, 0) is 25.7 Å². The molecular formula is C16H13BF4MoO2-. The van der Waals surface area contributed by atoms with E-state index in [0.29, 0.717) is 0 Å². The molecule has 0 spiro atoms. The molecule has 3 aliphatic rings. The summed E-state index contributed by atoms with van der Waals surface area (Å²) in [7, 11) is -6.00. The van der Waals surface area contributed by atoms with Gasteiger partial charge >= 0.3 is 29.9 Å². The van der Waals surface area contributed by atoms with Crippen LogP contribution in [0.25, 0.3) is 0 Å². The molecule has 0 saturated heterocycles. The monoisotopic (exact) mass is 422 g/mol. The first-order valence-corrected chi connectivity index (χ1v) is 6.17. The van der Waals surface area contributed by atoms with Crippen molar-refractivity contribution >= 4 is 7.25 Å². The van der Waals surface area contributed by atoms with Gasteiger partial charge in [0.05, 0.1) is 0 Å². The van der Waals surface area contributed by atoms with Crippen LogP contribution in [0.1, 0.15) is 6.42 Å². The van der Waals surface area contributed by atoms with E-state index in [-0.39, 0.29) is 21.1 Å². The van der Waals surface area contributed by atoms with E-state index in [1.54, 1.807) is 0 Å². The molecule has 24 heavy (non-hydrogen) atoms. The number of rotatable bonds is 0. The maximum Gasteiger partial charge on any atom is 0.0124 e. The Morgan fingerprint density at radius 1 is 0.750 bits per heavy atom. The average molecular weight is 420 g/mol. The van der Waals surface area contributed by atoms with Crippen LogP contribution < -0.4 is 0 Å². The average Bonchev–Trinajstić information content (AvgIpc) is 3.24. The topological polar surface area (TPSA) is 39.8 Å². The molecule has 0 bridgehead atoms. The summed E-state index contributed by atoms with van der Waals surface area (Å²) in [6.45, 7) is 9.00. The normalized spacial score (nSPS) is 16.5.